The van der Waals surface area contributed by atoms with Crippen LogP contribution in [0.5, 0.6) is 0 Å². The van der Waals surface area contributed by atoms with Gasteiger partial charge in [-0.3, -0.25) is 9.80 Å². The lowest BCUT2D eigenvalue weighted by Gasteiger charge is -2.43. The van der Waals surface area contributed by atoms with Crippen LogP contribution in [0.25, 0.3) is 0 Å². The molecule has 2 rings (SSSR count). The molecule has 2 heterocycles. The van der Waals surface area contributed by atoms with Crippen LogP contribution in [0.4, 0.5) is 0 Å². The van der Waals surface area contributed by atoms with Crippen molar-refractivity contribution in [1.29, 1.82) is 0 Å². The van der Waals surface area contributed by atoms with Crippen molar-refractivity contribution >= 4 is 0 Å². The third kappa shape index (κ3) is 4.11. The van der Waals surface area contributed by atoms with E-state index in [2.05, 4.69) is 9.80 Å². The smallest absolute Gasteiger partial charge is 0.128 e. The van der Waals surface area contributed by atoms with Gasteiger partial charge in [-0.15, -0.1) is 0 Å². The molecule has 0 aliphatic carbocycles. The Morgan fingerprint density at radius 2 is 1.53 bits per heavy atom. The predicted molar refractivity (Wildman–Crippen MR) is 69.5 cm³/mol. The molecule has 2 atom stereocenters. The molecule has 0 amide bonds. The molecule has 19 heavy (non-hydrogen) atoms. The number of nitrogens with zero attached hydrogens (tertiary/aromatic N) is 2. The van der Waals surface area contributed by atoms with E-state index in [4.69, 9.17) is 14.2 Å². The highest BCUT2D eigenvalue weighted by Gasteiger charge is 2.34. The standard InChI is InChI=1S/C13H25N2O4/c1-2-19-13(15-5-9-18-10-6-15)12(11-16)14-3-7-17-8-4-14/h12-13H,2-11H2,1H3. The number of rotatable bonds is 6. The minimum atomic E-state index is -0.137. The average molecular weight is 273 g/mol. The van der Waals surface area contributed by atoms with Crippen molar-refractivity contribution in [3.05, 3.63) is 0 Å². The Labute approximate surface area is 115 Å². The Morgan fingerprint density at radius 1 is 1.00 bits per heavy atom. The lowest BCUT2D eigenvalue weighted by Crippen LogP contribution is -2.59. The number of hydrogen-bond donors (Lipinski definition) is 0. The second kappa shape index (κ2) is 8.14. The first-order valence-corrected chi connectivity index (χ1v) is 7.20. The lowest BCUT2D eigenvalue weighted by atomic mass is 10.1. The summed E-state index contributed by atoms with van der Waals surface area (Å²) in [6, 6.07) is -0.0954. The van der Waals surface area contributed by atoms with Gasteiger partial charge in [0.1, 0.15) is 12.8 Å². The summed E-state index contributed by atoms with van der Waals surface area (Å²) in [5, 5.41) is 11.7. The van der Waals surface area contributed by atoms with Crippen LogP contribution in [0.2, 0.25) is 0 Å². The maximum Gasteiger partial charge on any atom is 0.128 e. The summed E-state index contributed by atoms with van der Waals surface area (Å²) in [7, 11) is 0. The molecule has 0 aromatic carbocycles. The Hall–Kier alpha value is -0.240. The van der Waals surface area contributed by atoms with Gasteiger partial charge in [0.15, 0.2) is 0 Å². The molecule has 111 valence electrons. The quantitative estimate of drug-likeness (QED) is 0.671. The van der Waals surface area contributed by atoms with Crippen molar-refractivity contribution in [2.75, 3.05) is 65.8 Å². The third-order valence-corrected chi connectivity index (χ3v) is 3.76. The normalized spacial score (nSPS) is 26.2. The molecule has 2 unspecified atom stereocenters. The minimum absolute atomic E-state index is 0.0954. The second-order valence-electron chi connectivity index (χ2n) is 4.88. The summed E-state index contributed by atoms with van der Waals surface area (Å²) >= 11 is 0. The van der Waals surface area contributed by atoms with E-state index in [-0.39, 0.29) is 18.9 Å². The second-order valence-corrected chi connectivity index (χ2v) is 4.88. The van der Waals surface area contributed by atoms with Crippen LogP contribution >= 0.6 is 0 Å². The van der Waals surface area contributed by atoms with Gasteiger partial charge < -0.3 is 14.2 Å². The van der Waals surface area contributed by atoms with Gasteiger partial charge in [-0.1, -0.05) is 0 Å². The molecule has 2 aliphatic rings. The van der Waals surface area contributed by atoms with E-state index in [0.717, 1.165) is 39.4 Å². The van der Waals surface area contributed by atoms with Crippen molar-refractivity contribution in [2.45, 2.75) is 19.2 Å². The summed E-state index contributed by atoms with van der Waals surface area (Å²) in [5.41, 5.74) is 0. The zero-order chi connectivity index (χ0) is 13.5. The van der Waals surface area contributed by atoms with Crippen molar-refractivity contribution in [3.63, 3.8) is 0 Å². The van der Waals surface area contributed by atoms with Crippen LogP contribution in [0.15, 0.2) is 0 Å². The van der Waals surface area contributed by atoms with Gasteiger partial charge in [0, 0.05) is 32.8 Å². The fourth-order valence-electron chi connectivity index (χ4n) is 2.74. The van der Waals surface area contributed by atoms with Crippen molar-refractivity contribution in [3.8, 4) is 0 Å². The molecule has 0 N–H and O–H groups in total. The van der Waals surface area contributed by atoms with Gasteiger partial charge in [-0.25, -0.2) is 5.11 Å². The topological polar surface area (TPSA) is 54.1 Å². The summed E-state index contributed by atoms with van der Waals surface area (Å²) < 4.78 is 16.6. The fourth-order valence-corrected chi connectivity index (χ4v) is 2.74. The van der Waals surface area contributed by atoms with Crippen LogP contribution in [-0.4, -0.2) is 87.9 Å². The van der Waals surface area contributed by atoms with E-state index in [9.17, 15) is 5.11 Å². The zero-order valence-electron chi connectivity index (χ0n) is 11.8. The number of ether oxygens (including phenoxy) is 3. The third-order valence-electron chi connectivity index (χ3n) is 3.76. The van der Waals surface area contributed by atoms with Crippen molar-refractivity contribution in [1.82, 2.24) is 9.80 Å². The molecule has 0 spiro atoms. The fraction of sp³-hybridized carbons (Fsp3) is 1.00. The van der Waals surface area contributed by atoms with Crippen LogP contribution in [0, 0.1) is 0 Å². The number of hydrogen-bond acceptors (Lipinski definition) is 5. The minimum Gasteiger partial charge on any atom is -0.379 e. The lowest BCUT2D eigenvalue weighted by molar-refractivity contribution is -0.151. The summed E-state index contributed by atoms with van der Waals surface area (Å²) in [4.78, 5) is 4.46. The SMILES string of the molecule is CCOC(C(C[O])N1CCOCC1)N1CCOCC1. The van der Waals surface area contributed by atoms with E-state index in [0.29, 0.717) is 19.8 Å². The van der Waals surface area contributed by atoms with Crippen LogP contribution < -0.4 is 0 Å². The zero-order valence-corrected chi connectivity index (χ0v) is 11.8. The van der Waals surface area contributed by atoms with Gasteiger partial charge in [-0.2, -0.15) is 0 Å². The van der Waals surface area contributed by atoms with Crippen LogP contribution in [-0.2, 0) is 19.3 Å². The first-order chi connectivity index (χ1) is 9.36. The predicted octanol–water partition coefficient (Wildman–Crippen LogP) is -0.187. The van der Waals surface area contributed by atoms with Gasteiger partial charge in [-0.05, 0) is 6.92 Å². The highest BCUT2D eigenvalue weighted by molar-refractivity contribution is 4.83. The first kappa shape index (κ1) is 15.2. The Kier molecular flexibility index (Phi) is 6.49. The van der Waals surface area contributed by atoms with E-state index in [1.54, 1.807) is 0 Å². The molecular weight excluding hydrogens is 248 g/mol. The molecule has 2 aliphatic heterocycles. The molecule has 0 bridgehead atoms. The monoisotopic (exact) mass is 273 g/mol. The van der Waals surface area contributed by atoms with Gasteiger partial charge in [0.05, 0.1) is 32.5 Å². The molecule has 2 saturated heterocycles. The molecule has 6 nitrogen and oxygen atoms in total. The molecule has 1 radical (unpaired) electrons. The Bertz CT molecular complexity index is 243. The highest BCUT2D eigenvalue weighted by Crippen LogP contribution is 2.16. The van der Waals surface area contributed by atoms with Gasteiger partial charge >= 0.3 is 0 Å². The maximum absolute atomic E-state index is 11.7. The van der Waals surface area contributed by atoms with Crippen LogP contribution in [0.3, 0.4) is 0 Å². The van der Waals surface area contributed by atoms with E-state index in [1.165, 1.54) is 0 Å². The van der Waals surface area contributed by atoms with Crippen LogP contribution in [0.1, 0.15) is 6.92 Å². The molecular formula is C13H25N2O4. The van der Waals surface area contributed by atoms with E-state index >= 15 is 0 Å². The van der Waals surface area contributed by atoms with Crippen molar-refractivity contribution in [2.24, 2.45) is 0 Å². The molecule has 0 aromatic rings. The molecule has 0 aromatic heterocycles. The van der Waals surface area contributed by atoms with Gasteiger partial charge in [0.2, 0.25) is 0 Å². The Morgan fingerprint density at radius 3 is 2.00 bits per heavy atom. The summed E-state index contributed by atoms with van der Waals surface area (Å²) in [6.07, 6.45) is -0.121. The first-order valence-electron chi connectivity index (χ1n) is 7.20. The average Bonchev–Trinajstić information content (AvgIpc) is 2.49. The summed E-state index contributed by atoms with van der Waals surface area (Å²) in [6.45, 7) is 8.64. The highest BCUT2D eigenvalue weighted by atomic mass is 16.5. The Balaban J connectivity index is 2.00. The molecule has 6 heteroatoms. The molecule has 2 fully saturated rings. The van der Waals surface area contributed by atoms with E-state index in [1.807, 2.05) is 6.92 Å². The maximum atomic E-state index is 11.7. The van der Waals surface area contributed by atoms with E-state index < -0.39 is 0 Å². The largest absolute Gasteiger partial charge is 0.379 e. The van der Waals surface area contributed by atoms with Gasteiger partial charge in [0.25, 0.3) is 0 Å². The number of morpholine rings is 2. The summed E-state index contributed by atoms with van der Waals surface area (Å²) in [5.74, 6) is 0. The van der Waals surface area contributed by atoms with Crippen molar-refractivity contribution < 1.29 is 19.3 Å². The molecule has 0 saturated carbocycles.